The maximum Gasteiger partial charge on any atom is 0.303 e. The van der Waals surface area contributed by atoms with Gasteiger partial charge in [-0.2, -0.15) is 0 Å². The molecule has 1 fully saturated rings. The van der Waals surface area contributed by atoms with Crippen molar-refractivity contribution >= 4 is 45.7 Å². The van der Waals surface area contributed by atoms with Crippen LogP contribution in [0.3, 0.4) is 0 Å². The number of likely N-dealkylation sites (tertiary alicyclic amines) is 1. The Bertz CT molecular complexity index is 1180. The molecule has 1 aromatic carbocycles. The molecule has 0 amide bonds. The molecule has 4 rings (SSSR count). The van der Waals surface area contributed by atoms with Crippen LogP contribution in [0.15, 0.2) is 46.1 Å². The lowest BCUT2D eigenvalue weighted by Gasteiger charge is -2.41. The summed E-state index contributed by atoms with van der Waals surface area (Å²) in [5.41, 5.74) is 2.18. The summed E-state index contributed by atoms with van der Waals surface area (Å²) in [7, 11) is 5.51. The minimum absolute atomic E-state index is 0.142. The number of benzene rings is 1. The SMILES string of the molecule is COc1ccc2ncc(N(C)C)c([C@@H](O)CCC3(CC(=O)O)CCN(CCSc4cccs4)CC3)c2c1. The van der Waals surface area contributed by atoms with Crippen molar-refractivity contribution < 1.29 is 19.7 Å². The summed E-state index contributed by atoms with van der Waals surface area (Å²) in [5, 5.41) is 24.2. The Morgan fingerprint density at radius 3 is 2.73 bits per heavy atom. The quantitative estimate of drug-likeness (QED) is 0.288. The molecule has 2 N–H and O–H groups in total. The predicted molar refractivity (Wildman–Crippen MR) is 152 cm³/mol. The van der Waals surface area contributed by atoms with Crippen LogP contribution in [0.1, 0.15) is 43.8 Å². The number of nitrogens with zero attached hydrogens (tertiary/aromatic N) is 3. The number of ether oxygens (including phenoxy) is 1. The Morgan fingerprint density at radius 1 is 1.30 bits per heavy atom. The number of carboxylic acid groups (broad SMARTS) is 1. The number of fused-ring (bicyclic) bond motifs is 1. The third-order valence-electron chi connectivity index (χ3n) is 7.45. The second-order valence-electron chi connectivity index (χ2n) is 10.1. The van der Waals surface area contributed by atoms with Gasteiger partial charge in [-0.1, -0.05) is 6.07 Å². The van der Waals surface area contributed by atoms with Gasteiger partial charge in [0.15, 0.2) is 0 Å². The minimum atomic E-state index is -0.760. The third kappa shape index (κ3) is 6.96. The Kier molecular flexibility index (Phi) is 9.34. The molecular formula is C28H37N3O4S2. The van der Waals surface area contributed by atoms with Crippen LogP contribution < -0.4 is 9.64 Å². The highest BCUT2D eigenvalue weighted by Crippen LogP contribution is 2.43. The van der Waals surface area contributed by atoms with Crippen molar-refractivity contribution in [1.82, 2.24) is 9.88 Å². The van der Waals surface area contributed by atoms with Crippen LogP contribution in [0.2, 0.25) is 0 Å². The van der Waals surface area contributed by atoms with Crippen molar-refractivity contribution in [1.29, 1.82) is 0 Å². The fourth-order valence-electron chi connectivity index (χ4n) is 5.31. The second kappa shape index (κ2) is 12.5. The zero-order valence-electron chi connectivity index (χ0n) is 21.9. The number of pyridine rings is 1. The lowest BCUT2D eigenvalue weighted by Crippen LogP contribution is -2.42. The highest BCUT2D eigenvalue weighted by molar-refractivity contribution is 8.01. The number of aliphatic hydroxyl groups excluding tert-OH is 1. The summed E-state index contributed by atoms with van der Waals surface area (Å²) in [6.07, 6.45) is 4.04. The molecule has 1 aliphatic rings. The van der Waals surface area contributed by atoms with Crippen molar-refractivity contribution in [2.75, 3.05) is 51.5 Å². The van der Waals surface area contributed by atoms with Crippen LogP contribution in [-0.2, 0) is 4.79 Å². The Labute approximate surface area is 227 Å². The van der Waals surface area contributed by atoms with E-state index in [2.05, 4.69) is 27.4 Å². The molecule has 0 aliphatic carbocycles. The smallest absolute Gasteiger partial charge is 0.303 e. The Morgan fingerprint density at radius 2 is 2.08 bits per heavy atom. The molecule has 2 aromatic heterocycles. The average Bonchev–Trinajstić information content (AvgIpc) is 3.40. The molecule has 0 spiro atoms. The van der Waals surface area contributed by atoms with E-state index >= 15 is 0 Å². The molecule has 1 atom stereocenters. The van der Waals surface area contributed by atoms with Gasteiger partial charge >= 0.3 is 5.97 Å². The number of hydrogen-bond acceptors (Lipinski definition) is 8. The number of piperidine rings is 1. The molecule has 200 valence electrons. The van der Waals surface area contributed by atoms with Gasteiger partial charge in [0.25, 0.3) is 0 Å². The van der Waals surface area contributed by atoms with E-state index in [4.69, 9.17) is 4.74 Å². The number of rotatable bonds is 12. The van der Waals surface area contributed by atoms with Crippen molar-refractivity contribution in [3.8, 4) is 5.75 Å². The van der Waals surface area contributed by atoms with Gasteiger partial charge in [0.2, 0.25) is 0 Å². The molecular weight excluding hydrogens is 506 g/mol. The molecule has 0 bridgehead atoms. The number of thiophene rings is 1. The normalized spacial score (nSPS) is 16.5. The van der Waals surface area contributed by atoms with Gasteiger partial charge in [-0.3, -0.25) is 9.78 Å². The molecule has 7 nitrogen and oxygen atoms in total. The molecule has 0 unspecified atom stereocenters. The number of aliphatic hydroxyl groups is 1. The topological polar surface area (TPSA) is 86.1 Å². The molecule has 1 aliphatic heterocycles. The lowest BCUT2D eigenvalue weighted by atomic mass is 9.71. The first kappa shape index (κ1) is 27.7. The minimum Gasteiger partial charge on any atom is -0.497 e. The molecule has 0 radical (unpaired) electrons. The molecule has 1 saturated heterocycles. The van der Waals surface area contributed by atoms with E-state index in [1.807, 2.05) is 49.0 Å². The van der Waals surface area contributed by atoms with E-state index in [1.54, 1.807) is 24.6 Å². The zero-order valence-corrected chi connectivity index (χ0v) is 23.5. The van der Waals surface area contributed by atoms with Crippen molar-refractivity contribution in [3.63, 3.8) is 0 Å². The van der Waals surface area contributed by atoms with Gasteiger partial charge in [0.05, 0.1) is 41.2 Å². The van der Waals surface area contributed by atoms with Gasteiger partial charge in [0, 0.05) is 37.3 Å². The van der Waals surface area contributed by atoms with Crippen LogP contribution >= 0.6 is 23.1 Å². The van der Waals surface area contributed by atoms with Crippen LogP contribution in [0.4, 0.5) is 5.69 Å². The summed E-state index contributed by atoms with van der Waals surface area (Å²) in [5.74, 6) is 0.992. The van der Waals surface area contributed by atoms with Gasteiger partial charge in [-0.05, 0) is 73.8 Å². The summed E-state index contributed by atoms with van der Waals surface area (Å²) < 4.78 is 6.77. The van der Waals surface area contributed by atoms with E-state index in [9.17, 15) is 15.0 Å². The zero-order chi connectivity index (χ0) is 26.4. The third-order valence-corrected chi connectivity index (χ3v) is 9.56. The van der Waals surface area contributed by atoms with E-state index in [-0.39, 0.29) is 11.8 Å². The summed E-state index contributed by atoms with van der Waals surface area (Å²) in [4.78, 5) is 20.8. The fourth-order valence-corrected chi connectivity index (χ4v) is 7.17. The molecule has 37 heavy (non-hydrogen) atoms. The monoisotopic (exact) mass is 543 g/mol. The first-order valence-corrected chi connectivity index (χ1v) is 14.6. The number of aliphatic carboxylic acids is 1. The van der Waals surface area contributed by atoms with E-state index < -0.39 is 12.1 Å². The summed E-state index contributed by atoms with van der Waals surface area (Å²) in [6, 6.07) is 9.93. The average molecular weight is 544 g/mol. The van der Waals surface area contributed by atoms with Crippen molar-refractivity contribution in [2.45, 2.75) is 42.4 Å². The lowest BCUT2D eigenvalue weighted by molar-refractivity contribution is -0.141. The summed E-state index contributed by atoms with van der Waals surface area (Å²) >= 11 is 3.65. The van der Waals surface area contributed by atoms with Crippen molar-refractivity contribution in [3.05, 3.63) is 47.5 Å². The molecule has 3 heterocycles. The van der Waals surface area contributed by atoms with E-state index in [0.29, 0.717) is 18.6 Å². The Balaban J connectivity index is 1.45. The maximum absolute atomic E-state index is 11.9. The number of carboxylic acids is 1. The number of methoxy groups -OCH3 is 1. The standard InChI is InChI=1S/C28H37N3O4S2/c1-30(2)23-19-29-22-7-6-20(35-3)17-21(22)27(23)24(32)8-9-28(18-25(33)34)10-12-31(13-11-28)14-16-37-26-5-4-15-36-26/h4-7,15,17,19,24,32H,8-14,16,18H2,1-3H3,(H,33,34)/t24-/m0/s1. The van der Waals surface area contributed by atoms with Gasteiger partial charge < -0.3 is 24.7 Å². The number of anilines is 1. The van der Waals surface area contributed by atoms with Crippen molar-refractivity contribution in [2.24, 2.45) is 5.41 Å². The number of carbonyl (C=O) groups is 1. The number of thioether (sulfide) groups is 1. The highest BCUT2D eigenvalue weighted by Gasteiger charge is 2.37. The largest absolute Gasteiger partial charge is 0.497 e. The predicted octanol–water partition coefficient (Wildman–Crippen LogP) is 5.53. The van der Waals surface area contributed by atoms with Gasteiger partial charge in [0.1, 0.15) is 5.75 Å². The molecule has 0 saturated carbocycles. The fraction of sp³-hybridized carbons (Fsp3) is 0.500. The second-order valence-corrected chi connectivity index (χ2v) is 12.4. The maximum atomic E-state index is 11.9. The first-order chi connectivity index (χ1) is 17.8. The van der Waals surface area contributed by atoms with Crippen LogP contribution in [0.5, 0.6) is 5.75 Å². The molecule has 9 heteroatoms. The van der Waals surface area contributed by atoms with Crippen LogP contribution in [0, 0.1) is 5.41 Å². The van der Waals surface area contributed by atoms with Gasteiger partial charge in [-0.15, -0.1) is 23.1 Å². The van der Waals surface area contributed by atoms with Crippen LogP contribution in [-0.4, -0.2) is 72.7 Å². The van der Waals surface area contributed by atoms with Crippen LogP contribution in [0.25, 0.3) is 10.9 Å². The van der Waals surface area contributed by atoms with Gasteiger partial charge in [-0.25, -0.2) is 0 Å². The highest BCUT2D eigenvalue weighted by atomic mass is 32.2. The first-order valence-electron chi connectivity index (χ1n) is 12.7. The number of aromatic nitrogens is 1. The molecule has 3 aromatic rings. The van der Waals surface area contributed by atoms with E-state index in [0.717, 1.165) is 60.4 Å². The summed E-state index contributed by atoms with van der Waals surface area (Å²) in [6.45, 7) is 2.80. The Hall–Kier alpha value is -2.33. The van der Waals surface area contributed by atoms with E-state index in [1.165, 1.54) is 4.21 Å². The number of hydrogen-bond donors (Lipinski definition) is 2.